The molecule has 31 heavy (non-hydrogen) atoms. The molecule has 0 radical (unpaired) electrons. The Kier molecular flexibility index (Phi) is 5.61. The van der Waals surface area contributed by atoms with E-state index >= 15 is 0 Å². The molecule has 0 aliphatic carbocycles. The minimum absolute atomic E-state index is 0.0319. The van der Waals surface area contributed by atoms with Gasteiger partial charge in [-0.25, -0.2) is 13.1 Å². The summed E-state index contributed by atoms with van der Waals surface area (Å²) in [5.41, 5.74) is 1.80. The summed E-state index contributed by atoms with van der Waals surface area (Å²) in [5, 5.41) is 24.5. The number of fused-ring (bicyclic) bond motifs is 3. The van der Waals surface area contributed by atoms with Gasteiger partial charge in [0.25, 0.3) is 0 Å². The number of aliphatic hydroxyl groups excluding tert-OH is 1. The van der Waals surface area contributed by atoms with Crippen molar-refractivity contribution in [1.29, 1.82) is 0 Å². The van der Waals surface area contributed by atoms with Crippen LogP contribution in [0, 0.1) is 6.92 Å². The average molecular weight is 442 g/mol. The lowest BCUT2D eigenvalue weighted by Crippen LogP contribution is -2.36. The molecule has 4 rings (SSSR count). The number of nitrogens with one attached hydrogen (secondary N) is 1. The van der Waals surface area contributed by atoms with Crippen LogP contribution in [0.25, 0.3) is 27.8 Å². The molecule has 0 amide bonds. The van der Waals surface area contributed by atoms with Crippen molar-refractivity contribution in [1.82, 2.24) is 24.5 Å². The van der Waals surface area contributed by atoms with E-state index in [1.165, 1.54) is 19.2 Å². The molecule has 0 spiro atoms. The van der Waals surface area contributed by atoms with Crippen LogP contribution in [0.3, 0.4) is 0 Å². The van der Waals surface area contributed by atoms with Crippen LogP contribution in [0.15, 0.2) is 47.4 Å². The summed E-state index contributed by atoms with van der Waals surface area (Å²) < 4.78 is 35.3. The number of hydrogen-bond acceptors (Lipinski definition) is 7. The van der Waals surface area contributed by atoms with Gasteiger partial charge in [0, 0.05) is 16.8 Å². The number of sulfonamides is 1. The van der Waals surface area contributed by atoms with Gasteiger partial charge in [-0.1, -0.05) is 31.2 Å². The van der Waals surface area contributed by atoms with Crippen LogP contribution in [-0.2, 0) is 10.0 Å². The van der Waals surface area contributed by atoms with Gasteiger partial charge >= 0.3 is 0 Å². The van der Waals surface area contributed by atoms with Crippen LogP contribution < -0.4 is 9.46 Å². The van der Waals surface area contributed by atoms with E-state index < -0.39 is 16.1 Å². The third-order valence-electron chi connectivity index (χ3n) is 5.21. The summed E-state index contributed by atoms with van der Waals surface area (Å²) in [6, 6.07) is 11.7. The normalized spacial score (nSPS) is 13.0. The summed E-state index contributed by atoms with van der Waals surface area (Å²) in [6.45, 7) is 3.40. The highest BCUT2D eigenvalue weighted by molar-refractivity contribution is 7.89. The van der Waals surface area contributed by atoms with Crippen molar-refractivity contribution in [2.75, 3.05) is 13.7 Å². The van der Waals surface area contributed by atoms with Gasteiger partial charge in [-0.3, -0.25) is 0 Å². The molecule has 0 fully saturated rings. The van der Waals surface area contributed by atoms with E-state index in [9.17, 15) is 13.5 Å². The fourth-order valence-electron chi connectivity index (χ4n) is 3.47. The maximum absolute atomic E-state index is 12.9. The Morgan fingerprint density at radius 1 is 1.16 bits per heavy atom. The minimum atomic E-state index is -3.86. The van der Waals surface area contributed by atoms with Gasteiger partial charge in [-0.05, 0) is 31.5 Å². The molecule has 162 valence electrons. The Labute approximate surface area is 179 Å². The van der Waals surface area contributed by atoms with Gasteiger partial charge < -0.3 is 9.84 Å². The van der Waals surface area contributed by atoms with Gasteiger partial charge in [0.05, 0.1) is 29.9 Å². The van der Waals surface area contributed by atoms with Crippen molar-refractivity contribution in [3.63, 3.8) is 0 Å². The second-order valence-corrected chi connectivity index (χ2v) is 8.88. The Bertz CT molecular complexity index is 1360. The van der Waals surface area contributed by atoms with Crippen molar-refractivity contribution in [2.45, 2.75) is 31.2 Å². The molecule has 10 heteroatoms. The lowest BCUT2D eigenvalue weighted by atomic mass is 10.1. The molecule has 2 heterocycles. The van der Waals surface area contributed by atoms with Crippen molar-refractivity contribution in [3.05, 3.63) is 48.2 Å². The summed E-state index contributed by atoms with van der Waals surface area (Å²) >= 11 is 0. The minimum Gasteiger partial charge on any atom is -0.496 e. The molecule has 2 N–H and O–H groups in total. The zero-order valence-corrected chi connectivity index (χ0v) is 18.2. The standard InChI is InChI=1S/C21H23N5O4S/c1-4-14(12-27)25-31(28,29)15-9-10-19(30-3)18(11-15)21-23-22-20-17-8-6-5-7-16(17)13(2)24-26(20)21/h5-11,14,25,27H,4,12H2,1-3H3. The number of rotatable bonds is 7. The number of aromatic nitrogens is 4. The topological polar surface area (TPSA) is 119 Å². The lowest BCUT2D eigenvalue weighted by Gasteiger charge is -2.15. The maximum atomic E-state index is 12.9. The Hall–Kier alpha value is -3.08. The summed E-state index contributed by atoms with van der Waals surface area (Å²) in [5.74, 6) is 0.807. The summed E-state index contributed by atoms with van der Waals surface area (Å²) in [6.07, 6.45) is 0.462. The first kappa shape index (κ1) is 21.2. The van der Waals surface area contributed by atoms with Crippen molar-refractivity contribution in [2.24, 2.45) is 0 Å². The molecule has 0 bridgehead atoms. The first-order chi connectivity index (χ1) is 14.9. The third kappa shape index (κ3) is 3.73. The van der Waals surface area contributed by atoms with Crippen molar-refractivity contribution < 1.29 is 18.3 Å². The zero-order valence-electron chi connectivity index (χ0n) is 17.4. The third-order valence-corrected chi connectivity index (χ3v) is 6.72. The molecule has 0 saturated carbocycles. The van der Waals surface area contributed by atoms with Crippen LogP contribution in [0.4, 0.5) is 0 Å². The molecule has 1 unspecified atom stereocenters. The van der Waals surface area contributed by atoms with E-state index in [-0.39, 0.29) is 11.5 Å². The van der Waals surface area contributed by atoms with E-state index in [2.05, 4.69) is 20.0 Å². The Morgan fingerprint density at radius 3 is 2.58 bits per heavy atom. The zero-order chi connectivity index (χ0) is 22.2. The number of aryl methyl sites for hydroxylation is 1. The van der Waals surface area contributed by atoms with Crippen LogP contribution in [0.1, 0.15) is 19.0 Å². The van der Waals surface area contributed by atoms with E-state index in [4.69, 9.17) is 4.74 Å². The van der Waals surface area contributed by atoms with Gasteiger partial charge in [0.2, 0.25) is 10.0 Å². The largest absolute Gasteiger partial charge is 0.496 e. The Morgan fingerprint density at radius 2 is 1.90 bits per heavy atom. The predicted octanol–water partition coefficient (Wildman–Crippen LogP) is 2.31. The summed E-state index contributed by atoms with van der Waals surface area (Å²) in [7, 11) is -2.36. The highest BCUT2D eigenvalue weighted by Gasteiger charge is 2.23. The van der Waals surface area contributed by atoms with E-state index in [1.54, 1.807) is 17.5 Å². The highest BCUT2D eigenvalue weighted by atomic mass is 32.2. The first-order valence-corrected chi connectivity index (χ1v) is 11.3. The molecule has 2 aromatic heterocycles. The molecule has 1 atom stereocenters. The van der Waals surface area contributed by atoms with Gasteiger partial charge in [0.1, 0.15) is 5.75 Å². The lowest BCUT2D eigenvalue weighted by molar-refractivity contribution is 0.254. The monoisotopic (exact) mass is 441 g/mol. The highest BCUT2D eigenvalue weighted by Crippen LogP contribution is 2.32. The van der Waals surface area contributed by atoms with Gasteiger partial charge in [-0.2, -0.15) is 9.61 Å². The van der Waals surface area contributed by atoms with Crippen molar-refractivity contribution >= 4 is 26.4 Å². The fourth-order valence-corrected chi connectivity index (χ4v) is 4.81. The average Bonchev–Trinajstić information content (AvgIpc) is 3.21. The smallest absolute Gasteiger partial charge is 0.240 e. The number of benzene rings is 2. The SMILES string of the molecule is CCC(CO)NS(=O)(=O)c1ccc(OC)c(-c2nnc3c4ccccc4c(C)nn23)c1. The van der Waals surface area contributed by atoms with Crippen molar-refractivity contribution in [3.8, 4) is 17.1 Å². The van der Waals surface area contributed by atoms with Crippen LogP contribution >= 0.6 is 0 Å². The number of methoxy groups -OCH3 is 1. The Balaban J connectivity index is 1.90. The van der Waals surface area contributed by atoms with E-state index in [0.717, 1.165) is 16.5 Å². The van der Waals surface area contributed by atoms with E-state index in [0.29, 0.717) is 29.2 Å². The molecule has 0 aliphatic rings. The number of ether oxygens (including phenoxy) is 1. The maximum Gasteiger partial charge on any atom is 0.240 e. The predicted molar refractivity (Wildman–Crippen MR) is 116 cm³/mol. The summed E-state index contributed by atoms with van der Waals surface area (Å²) in [4.78, 5) is 0.0319. The quantitative estimate of drug-likeness (QED) is 0.452. The molecule has 2 aromatic carbocycles. The molecule has 9 nitrogen and oxygen atoms in total. The van der Waals surface area contributed by atoms with Crippen LogP contribution in [0.2, 0.25) is 0 Å². The number of hydrogen-bond donors (Lipinski definition) is 2. The first-order valence-electron chi connectivity index (χ1n) is 9.82. The van der Waals surface area contributed by atoms with Gasteiger partial charge in [0.15, 0.2) is 11.5 Å². The van der Waals surface area contributed by atoms with Crippen LogP contribution in [0.5, 0.6) is 5.75 Å². The van der Waals surface area contributed by atoms with Gasteiger partial charge in [-0.15, -0.1) is 10.2 Å². The van der Waals surface area contributed by atoms with Crippen LogP contribution in [-0.4, -0.2) is 53.1 Å². The second-order valence-electron chi connectivity index (χ2n) is 7.16. The molecular weight excluding hydrogens is 418 g/mol. The molecule has 0 saturated heterocycles. The molecule has 0 aliphatic heterocycles. The molecule has 4 aromatic rings. The fraction of sp³-hybridized carbons (Fsp3) is 0.286. The number of aliphatic hydroxyl groups is 1. The number of nitrogens with zero attached hydrogens (tertiary/aromatic N) is 4. The van der Waals surface area contributed by atoms with E-state index in [1.807, 2.05) is 31.2 Å². The molecular formula is C21H23N5O4S. The second kappa shape index (κ2) is 8.22.